The number of aromatic nitrogens is 3. The first-order valence-corrected chi connectivity index (χ1v) is 5.58. The normalized spacial score (nSPS) is 11.9. The number of hydrogen-bond donors (Lipinski definition) is 3. The second kappa shape index (κ2) is 6.58. The lowest BCUT2D eigenvalue weighted by molar-refractivity contribution is -0.137. The van der Waals surface area contributed by atoms with Crippen molar-refractivity contribution in [1.82, 2.24) is 25.4 Å². The van der Waals surface area contributed by atoms with Crippen LogP contribution in [0.5, 0.6) is 0 Å². The maximum Gasteiger partial charge on any atom is 0.315 e. The fourth-order valence-electron chi connectivity index (χ4n) is 1.31. The van der Waals surface area contributed by atoms with Gasteiger partial charge < -0.3 is 15.7 Å². The molecule has 0 saturated heterocycles. The zero-order valence-corrected chi connectivity index (χ0v) is 10.4. The molecule has 0 fully saturated rings. The number of aryl methyl sites for hydroxylation is 1. The van der Waals surface area contributed by atoms with E-state index in [2.05, 4.69) is 20.7 Å². The SMILES string of the molecule is CC(CCC(=O)O)NC(=O)NCc1ncn(C)n1. The van der Waals surface area contributed by atoms with E-state index in [-0.39, 0.29) is 25.0 Å². The van der Waals surface area contributed by atoms with Crippen LogP contribution >= 0.6 is 0 Å². The Balaban J connectivity index is 2.22. The molecular weight excluding hydrogens is 238 g/mol. The standard InChI is InChI=1S/C10H17N5O3/c1-7(3-4-9(16)17)13-10(18)11-5-8-12-6-15(2)14-8/h6-7H,3-5H2,1-2H3,(H,16,17)(H2,11,13,18). The van der Waals surface area contributed by atoms with Crippen molar-refractivity contribution in [3.63, 3.8) is 0 Å². The molecule has 2 amide bonds. The maximum atomic E-state index is 11.4. The van der Waals surface area contributed by atoms with Gasteiger partial charge in [0.1, 0.15) is 6.33 Å². The molecule has 8 heteroatoms. The lowest BCUT2D eigenvalue weighted by Gasteiger charge is -2.12. The first kappa shape index (κ1) is 13.9. The Morgan fingerprint density at radius 3 is 2.83 bits per heavy atom. The van der Waals surface area contributed by atoms with Crippen LogP contribution in [0.4, 0.5) is 4.79 Å². The summed E-state index contributed by atoms with van der Waals surface area (Å²) in [6.07, 6.45) is 1.97. The van der Waals surface area contributed by atoms with E-state index in [1.165, 1.54) is 0 Å². The lowest BCUT2D eigenvalue weighted by atomic mass is 10.2. The van der Waals surface area contributed by atoms with Gasteiger partial charge >= 0.3 is 12.0 Å². The van der Waals surface area contributed by atoms with Gasteiger partial charge in [-0.25, -0.2) is 9.78 Å². The molecule has 18 heavy (non-hydrogen) atoms. The number of carbonyl (C=O) groups is 2. The molecule has 0 radical (unpaired) electrons. The first-order valence-electron chi connectivity index (χ1n) is 5.58. The fraction of sp³-hybridized carbons (Fsp3) is 0.600. The van der Waals surface area contributed by atoms with Crippen LogP contribution in [0.2, 0.25) is 0 Å². The third-order valence-corrected chi connectivity index (χ3v) is 2.22. The highest BCUT2D eigenvalue weighted by molar-refractivity contribution is 5.74. The van der Waals surface area contributed by atoms with Crippen molar-refractivity contribution in [3.8, 4) is 0 Å². The van der Waals surface area contributed by atoms with Crippen molar-refractivity contribution >= 4 is 12.0 Å². The summed E-state index contributed by atoms with van der Waals surface area (Å²) < 4.78 is 1.55. The topological polar surface area (TPSA) is 109 Å². The van der Waals surface area contributed by atoms with Crippen molar-refractivity contribution in [2.75, 3.05) is 0 Å². The average molecular weight is 255 g/mol. The summed E-state index contributed by atoms with van der Waals surface area (Å²) in [5.74, 6) is -0.354. The fourth-order valence-corrected chi connectivity index (χ4v) is 1.31. The predicted octanol–water partition coefficient (Wildman–Crippen LogP) is -0.132. The minimum Gasteiger partial charge on any atom is -0.481 e. The third kappa shape index (κ3) is 5.28. The highest BCUT2D eigenvalue weighted by Gasteiger charge is 2.09. The molecule has 1 rings (SSSR count). The molecule has 3 N–H and O–H groups in total. The molecule has 1 aromatic rings. The van der Waals surface area contributed by atoms with Gasteiger partial charge in [0.25, 0.3) is 0 Å². The number of urea groups is 1. The summed E-state index contributed by atoms with van der Waals surface area (Å²) in [7, 11) is 1.74. The molecule has 1 atom stereocenters. The summed E-state index contributed by atoms with van der Waals surface area (Å²) in [6, 6.07) is -0.557. The van der Waals surface area contributed by atoms with E-state index in [1.807, 2.05) is 0 Å². The number of nitrogens with one attached hydrogen (secondary N) is 2. The molecule has 0 bridgehead atoms. The summed E-state index contributed by atoms with van der Waals surface area (Å²) in [5, 5.41) is 17.7. The van der Waals surface area contributed by atoms with Crippen LogP contribution in [-0.4, -0.2) is 37.9 Å². The van der Waals surface area contributed by atoms with Gasteiger partial charge in [-0.15, -0.1) is 0 Å². The Morgan fingerprint density at radius 1 is 1.56 bits per heavy atom. The largest absolute Gasteiger partial charge is 0.481 e. The number of rotatable bonds is 6. The third-order valence-electron chi connectivity index (χ3n) is 2.22. The van der Waals surface area contributed by atoms with Crippen molar-refractivity contribution in [2.24, 2.45) is 7.05 Å². The molecule has 1 aromatic heterocycles. The van der Waals surface area contributed by atoms with Crippen molar-refractivity contribution in [1.29, 1.82) is 0 Å². The molecule has 1 heterocycles. The molecule has 0 aliphatic rings. The highest BCUT2D eigenvalue weighted by atomic mass is 16.4. The average Bonchev–Trinajstić information content (AvgIpc) is 2.70. The number of aliphatic carboxylic acids is 1. The van der Waals surface area contributed by atoms with Gasteiger partial charge in [0, 0.05) is 19.5 Å². The first-order chi connectivity index (χ1) is 8.47. The van der Waals surface area contributed by atoms with Crippen LogP contribution in [-0.2, 0) is 18.4 Å². The van der Waals surface area contributed by atoms with Crippen LogP contribution < -0.4 is 10.6 Å². The van der Waals surface area contributed by atoms with Gasteiger partial charge in [0.05, 0.1) is 6.54 Å². The van der Waals surface area contributed by atoms with Crippen molar-refractivity contribution < 1.29 is 14.7 Å². The Kier molecular flexibility index (Phi) is 5.09. The van der Waals surface area contributed by atoms with Gasteiger partial charge in [-0.3, -0.25) is 9.48 Å². The number of nitrogens with zero attached hydrogens (tertiary/aromatic N) is 3. The van der Waals surface area contributed by atoms with Crippen LogP contribution in [0.1, 0.15) is 25.6 Å². The van der Waals surface area contributed by atoms with E-state index >= 15 is 0 Å². The molecular formula is C10H17N5O3. The molecule has 100 valence electrons. The zero-order chi connectivity index (χ0) is 13.5. The number of carboxylic acids is 1. The Morgan fingerprint density at radius 2 is 2.28 bits per heavy atom. The number of amides is 2. The van der Waals surface area contributed by atoms with Gasteiger partial charge in [-0.2, -0.15) is 5.10 Å². The van der Waals surface area contributed by atoms with Gasteiger partial charge in [0.15, 0.2) is 5.82 Å². The van der Waals surface area contributed by atoms with E-state index in [1.54, 1.807) is 25.0 Å². The second-order valence-electron chi connectivity index (χ2n) is 3.99. The van der Waals surface area contributed by atoms with Gasteiger partial charge in [-0.05, 0) is 13.3 Å². The van der Waals surface area contributed by atoms with E-state index in [0.29, 0.717) is 12.2 Å². The lowest BCUT2D eigenvalue weighted by Crippen LogP contribution is -2.40. The quantitative estimate of drug-likeness (QED) is 0.656. The molecule has 0 aromatic carbocycles. The molecule has 0 spiro atoms. The Bertz CT molecular complexity index is 417. The number of hydrogen-bond acceptors (Lipinski definition) is 4. The minimum absolute atomic E-state index is 0.0310. The van der Waals surface area contributed by atoms with Crippen LogP contribution in [0.3, 0.4) is 0 Å². The smallest absolute Gasteiger partial charge is 0.315 e. The van der Waals surface area contributed by atoms with E-state index in [4.69, 9.17) is 5.11 Å². The van der Waals surface area contributed by atoms with Crippen molar-refractivity contribution in [3.05, 3.63) is 12.2 Å². The maximum absolute atomic E-state index is 11.4. The monoisotopic (exact) mass is 255 g/mol. The summed E-state index contributed by atoms with van der Waals surface area (Å²) in [5.41, 5.74) is 0. The van der Waals surface area contributed by atoms with Gasteiger partial charge in [-0.1, -0.05) is 0 Å². The Hall–Kier alpha value is -2.12. The van der Waals surface area contributed by atoms with Crippen LogP contribution in [0.25, 0.3) is 0 Å². The summed E-state index contributed by atoms with van der Waals surface area (Å²) in [6.45, 7) is 1.99. The Labute approximate surface area is 104 Å². The van der Waals surface area contributed by atoms with E-state index in [0.717, 1.165) is 0 Å². The summed E-state index contributed by atoms with van der Waals surface area (Å²) >= 11 is 0. The second-order valence-corrected chi connectivity index (χ2v) is 3.99. The molecule has 1 unspecified atom stereocenters. The van der Waals surface area contributed by atoms with Gasteiger partial charge in [0.2, 0.25) is 0 Å². The molecule has 0 aliphatic heterocycles. The minimum atomic E-state index is -0.873. The zero-order valence-electron chi connectivity index (χ0n) is 10.4. The summed E-state index contributed by atoms with van der Waals surface area (Å²) in [4.78, 5) is 25.8. The van der Waals surface area contributed by atoms with Crippen molar-refractivity contribution in [2.45, 2.75) is 32.4 Å². The van der Waals surface area contributed by atoms with Crippen LogP contribution in [0, 0.1) is 0 Å². The predicted molar refractivity (Wildman–Crippen MR) is 62.7 cm³/mol. The molecule has 0 saturated carbocycles. The molecule has 8 nitrogen and oxygen atoms in total. The molecule has 0 aliphatic carbocycles. The number of carbonyl (C=O) groups excluding carboxylic acids is 1. The van der Waals surface area contributed by atoms with E-state index < -0.39 is 5.97 Å². The highest BCUT2D eigenvalue weighted by Crippen LogP contribution is 1.96. The van der Waals surface area contributed by atoms with Crippen LogP contribution in [0.15, 0.2) is 6.33 Å². The van der Waals surface area contributed by atoms with E-state index in [9.17, 15) is 9.59 Å². The number of carboxylic acid groups (broad SMARTS) is 1.